The summed E-state index contributed by atoms with van der Waals surface area (Å²) in [4.78, 5) is 8.60. The minimum Gasteiger partial charge on any atom is -0.332 e. The molecule has 0 fully saturated rings. The van der Waals surface area contributed by atoms with Gasteiger partial charge >= 0.3 is 0 Å². The molecule has 0 radical (unpaired) electrons. The third kappa shape index (κ3) is 2.29. The Morgan fingerprint density at radius 3 is 2.41 bits per heavy atom. The van der Waals surface area contributed by atoms with Crippen molar-refractivity contribution in [1.29, 1.82) is 0 Å². The van der Waals surface area contributed by atoms with E-state index in [0.29, 0.717) is 17.4 Å². The number of pyridine rings is 1. The largest absolute Gasteiger partial charge is 0.332 e. The Hall–Kier alpha value is -3.21. The van der Waals surface area contributed by atoms with Gasteiger partial charge in [-0.1, -0.05) is 11.2 Å². The SMILES string of the molecule is c1ccc(-c2nc(-c3ccc(-n4cccc4)cc3)no2)nc1. The second-order valence-electron chi connectivity index (χ2n) is 4.78. The molecule has 0 saturated heterocycles. The van der Waals surface area contributed by atoms with Crippen molar-refractivity contribution in [1.82, 2.24) is 19.7 Å². The van der Waals surface area contributed by atoms with Crippen LogP contribution in [-0.2, 0) is 0 Å². The van der Waals surface area contributed by atoms with E-state index < -0.39 is 0 Å². The van der Waals surface area contributed by atoms with Crippen LogP contribution in [0.5, 0.6) is 0 Å². The highest BCUT2D eigenvalue weighted by molar-refractivity contribution is 5.59. The van der Waals surface area contributed by atoms with E-state index in [2.05, 4.69) is 15.1 Å². The van der Waals surface area contributed by atoms with Gasteiger partial charge < -0.3 is 9.09 Å². The fourth-order valence-corrected chi connectivity index (χ4v) is 2.22. The van der Waals surface area contributed by atoms with Crippen molar-refractivity contribution in [3.8, 4) is 28.7 Å². The van der Waals surface area contributed by atoms with Gasteiger partial charge in [0.1, 0.15) is 5.69 Å². The van der Waals surface area contributed by atoms with E-state index in [1.165, 1.54) is 0 Å². The van der Waals surface area contributed by atoms with Crippen LogP contribution in [0.1, 0.15) is 0 Å². The molecular formula is C17H12N4O. The van der Waals surface area contributed by atoms with E-state index in [9.17, 15) is 0 Å². The van der Waals surface area contributed by atoms with Gasteiger partial charge in [0.2, 0.25) is 5.82 Å². The highest BCUT2D eigenvalue weighted by atomic mass is 16.5. The second kappa shape index (κ2) is 5.29. The van der Waals surface area contributed by atoms with Crippen molar-refractivity contribution in [2.75, 3.05) is 0 Å². The van der Waals surface area contributed by atoms with Gasteiger partial charge in [-0.2, -0.15) is 4.98 Å². The van der Waals surface area contributed by atoms with Crippen molar-refractivity contribution in [2.45, 2.75) is 0 Å². The monoisotopic (exact) mass is 288 g/mol. The van der Waals surface area contributed by atoms with Gasteiger partial charge in [-0.15, -0.1) is 0 Å². The maximum absolute atomic E-state index is 5.28. The van der Waals surface area contributed by atoms with Crippen molar-refractivity contribution in [2.24, 2.45) is 0 Å². The van der Waals surface area contributed by atoms with Gasteiger partial charge in [-0.25, -0.2) is 0 Å². The molecule has 0 aliphatic rings. The van der Waals surface area contributed by atoms with Crippen LogP contribution in [0.25, 0.3) is 28.7 Å². The molecule has 3 aromatic heterocycles. The predicted octanol–water partition coefficient (Wildman–Crippen LogP) is 3.59. The topological polar surface area (TPSA) is 56.7 Å². The third-order valence-electron chi connectivity index (χ3n) is 3.34. The molecule has 0 N–H and O–H groups in total. The van der Waals surface area contributed by atoms with E-state index in [0.717, 1.165) is 11.3 Å². The Morgan fingerprint density at radius 1 is 0.864 bits per heavy atom. The molecule has 3 heterocycles. The van der Waals surface area contributed by atoms with Crippen molar-refractivity contribution < 1.29 is 4.52 Å². The molecule has 0 unspecified atom stereocenters. The van der Waals surface area contributed by atoms with Crippen LogP contribution in [-0.4, -0.2) is 19.7 Å². The fraction of sp³-hybridized carbons (Fsp3) is 0. The zero-order valence-corrected chi connectivity index (χ0v) is 11.6. The number of hydrogen-bond donors (Lipinski definition) is 0. The van der Waals surface area contributed by atoms with Crippen LogP contribution in [0.15, 0.2) is 77.7 Å². The lowest BCUT2D eigenvalue weighted by Gasteiger charge is -2.02. The van der Waals surface area contributed by atoms with Crippen molar-refractivity contribution >= 4 is 0 Å². The summed E-state index contributed by atoms with van der Waals surface area (Å²) in [6, 6.07) is 17.5. The molecule has 0 saturated carbocycles. The second-order valence-corrected chi connectivity index (χ2v) is 4.78. The van der Waals surface area contributed by atoms with Gasteiger partial charge in [0, 0.05) is 29.8 Å². The molecule has 0 aliphatic heterocycles. The third-order valence-corrected chi connectivity index (χ3v) is 3.34. The quantitative estimate of drug-likeness (QED) is 0.578. The molecule has 0 atom stereocenters. The number of nitrogens with zero attached hydrogens (tertiary/aromatic N) is 4. The summed E-state index contributed by atoms with van der Waals surface area (Å²) in [5.41, 5.74) is 2.66. The Balaban J connectivity index is 1.64. The average Bonchev–Trinajstić information content (AvgIpc) is 3.28. The van der Waals surface area contributed by atoms with Gasteiger partial charge in [-0.05, 0) is 48.5 Å². The van der Waals surface area contributed by atoms with E-state index in [-0.39, 0.29) is 0 Å². The lowest BCUT2D eigenvalue weighted by Crippen LogP contribution is -1.89. The molecule has 5 nitrogen and oxygen atoms in total. The van der Waals surface area contributed by atoms with Crippen molar-refractivity contribution in [3.05, 3.63) is 73.2 Å². The van der Waals surface area contributed by atoms with Gasteiger partial charge in [0.05, 0.1) is 0 Å². The summed E-state index contributed by atoms with van der Waals surface area (Å²) in [5.74, 6) is 0.977. The first-order chi connectivity index (χ1) is 10.9. The normalized spacial score (nSPS) is 10.7. The van der Waals surface area contributed by atoms with E-state index >= 15 is 0 Å². The molecule has 106 valence electrons. The van der Waals surface area contributed by atoms with E-state index in [1.807, 2.05) is 71.6 Å². The molecule has 22 heavy (non-hydrogen) atoms. The summed E-state index contributed by atoms with van der Waals surface area (Å²) >= 11 is 0. The first-order valence-electron chi connectivity index (χ1n) is 6.89. The van der Waals surface area contributed by atoms with Crippen LogP contribution in [0.4, 0.5) is 0 Å². The summed E-state index contributed by atoms with van der Waals surface area (Å²) in [6.07, 6.45) is 5.70. The summed E-state index contributed by atoms with van der Waals surface area (Å²) in [6.45, 7) is 0. The molecule has 0 bridgehead atoms. The highest BCUT2D eigenvalue weighted by Crippen LogP contribution is 2.21. The van der Waals surface area contributed by atoms with Gasteiger partial charge in [-0.3, -0.25) is 4.98 Å². The number of rotatable bonds is 3. The maximum atomic E-state index is 5.28. The highest BCUT2D eigenvalue weighted by Gasteiger charge is 2.11. The standard InChI is InChI=1S/C17H12N4O/c1-2-10-18-15(5-1)17-19-16(20-22-17)13-6-8-14(9-7-13)21-11-3-4-12-21/h1-12H. The van der Waals surface area contributed by atoms with Crippen molar-refractivity contribution in [3.63, 3.8) is 0 Å². The lowest BCUT2D eigenvalue weighted by molar-refractivity contribution is 0.431. The molecule has 0 spiro atoms. The van der Waals surface area contributed by atoms with Crippen LogP contribution < -0.4 is 0 Å². The number of benzene rings is 1. The minimum absolute atomic E-state index is 0.421. The zero-order valence-electron chi connectivity index (χ0n) is 11.6. The molecule has 0 aliphatic carbocycles. The first-order valence-corrected chi connectivity index (χ1v) is 6.89. The lowest BCUT2D eigenvalue weighted by atomic mass is 10.2. The van der Waals surface area contributed by atoms with E-state index in [4.69, 9.17) is 4.52 Å². The molecule has 5 heteroatoms. The smallest absolute Gasteiger partial charge is 0.276 e. The summed E-state index contributed by atoms with van der Waals surface area (Å²) in [7, 11) is 0. The predicted molar refractivity (Wildman–Crippen MR) is 82.3 cm³/mol. The van der Waals surface area contributed by atoms with Crippen LogP contribution in [0.2, 0.25) is 0 Å². The van der Waals surface area contributed by atoms with Gasteiger partial charge in [0.15, 0.2) is 0 Å². The zero-order chi connectivity index (χ0) is 14.8. The van der Waals surface area contributed by atoms with E-state index in [1.54, 1.807) is 6.20 Å². The Bertz CT molecular complexity index is 865. The molecule has 4 aromatic rings. The maximum Gasteiger partial charge on any atom is 0.276 e. The van der Waals surface area contributed by atoms with Crippen LogP contribution >= 0.6 is 0 Å². The average molecular weight is 288 g/mol. The summed E-state index contributed by atoms with van der Waals surface area (Å²) < 4.78 is 7.32. The number of aromatic nitrogens is 4. The van der Waals surface area contributed by atoms with Gasteiger partial charge in [0.25, 0.3) is 5.89 Å². The Kier molecular flexibility index (Phi) is 3.01. The summed E-state index contributed by atoms with van der Waals surface area (Å²) in [5, 5.41) is 4.02. The first kappa shape index (κ1) is 12.5. The Morgan fingerprint density at radius 2 is 1.68 bits per heavy atom. The minimum atomic E-state index is 0.421. The molecular weight excluding hydrogens is 276 g/mol. The molecule has 4 rings (SSSR count). The molecule has 1 aromatic carbocycles. The Labute approximate surface area is 126 Å². The number of hydrogen-bond acceptors (Lipinski definition) is 4. The van der Waals surface area contributed by atoms with Crippen LogP contribution in [0, 0.1) is 0 Å². The fourth-order valence-electron chi connectivity index (χ4n) is 2.22. The van der Waals surface area contributed by atoms with Crippen LogP contribution in [0.3, 0.4) is 0 Å². The molecule has 0 amide bonds.